The third-order valence-electron chi connectivity index (χ3n) is 3.21. The normalized spacial score (nSPS) is 10.6. The molecule has 0 amide bonds. The van der Waals surface area contributed by atoms with E-state index in [2.05, 4.69) is 44.2 Å². The summed E-state index contributed by atoms with van der Waals surface area (Å²) >= 11 is 0. The first-order chi connectivity index (χ1) is 8.66. The second-order valence-corrected chi connectivity index (χ2v) is 5.22. The molecule has 1 nitrogen and oxygen atoms in total. The van der Waals surface area contributed by atoms with Gasteiger partial charge in [0.25, 0.3) is 0 Å². The SMILES string of the molecule is CC(C)CBc1ccc(-c2ccccc2)c(N)c1. The molecule has 18 heavy (non-hydrogen) atoms. The van der Waals surface area contributed by atoms with Gasteiger partial charge in [-0.15, -0.1) is 0 Å². The number of hydrogen-bond donors (Lipinski definition) is 1. The molecule has 0 heterocycles. The molecule has 0 aliphatic carbocycles. The fourth-order valence-electron chi connectivity index (χ4n) is 2.10. The molecule has 0 bridgehead atoms. The van der Waals surface area contributed by atoms with Crippen molar-refractivity contribution in [1.82, 2.24) is 0 Å². The Balaban J connectivity index is 2.20. The Kier molecular flexibility index (Phi) is 4.09. The third kappa shape index (κ3) is 3.16. The highest BCUT2D eigenvalue weighted by molar-refractivity contribution is 6.53. The molecule has 0 radical (unpaired) electrons. The third-order valence-corrected chi connectivity index (χ3v) is 3.21. The Bertz CT molecular complexity index is 506. The first kappa shape index (κ1) is 12.8. The van der Waals surface area contributed by atoms with Crippen LogP contribution in [0.25, 0.3) is 11.1 Å². The smallest absolute Gasteiger partial charge is 0.158 e. The lowest BCUT2D eigenvalue weighted by Gasteiger charge is -2.09. The summed E-state index contributed by atoms with van der Waals surface area (Å²) in [6, 6.07) is 16.8. The molecule has 0 spiro atoms. The zero-order valence-electron chi connectivity index (χ0n) is 11.2. The topological polar surface area (TPSA) is 26.0 Å². The van der Waals surface area contributed by atoms with Gasteiger partial charge in [-0.05, 0) is 11.6 Å². The van der Waals surface area contributed by atoms with Crippen LogP contribution in [0.1, 0.15) is 13.8 Å². The van der Waals surface area contributed by atoms with Crippen LogP contribution in [0.15, 0.2) is 48.5 Å². The molecule has 2 aromatic rings. The minimum absolute atomic E-state index is 0.736. The van der Waals surface area contributed by atoms with Gasteiger partial charge in [-0.1, -0.05) is 74.0 Å². The van der Waals surface area contributed by atoms with E-state index in [1.54, 1.807) is 0 Å². The predicted octanol–water partition coefficient (Wildman–Crippen LogP) is 3.07. The number of hydrogen-bond acceptors (Lipinski definition) is 1. The molecular weight excluding hydrogens is 217 g/mol. The van der Waals surface area contributed by atoms with Crippen molar-refractivity contribution in [3.8, 4) is 11.1 Å². The summed E-state index contributed by atoms with van der Waals surface area (Å²) in [4.78, 5) is 0. The van der Waals surface area contributed by atoms with E-state index in [1.807, 2.05) is 18.2 Å². The van der Waals surface area contributed by atoms with Crippen molar-refractivity contribution in [2.45, 2.75) is 20.2 Å². The Morgan fingerprint density at radius 3 is 2.39 bits per heavy atom. The summed E-state index contributed by atoms with van der Waals surface area (Å²) in [7, 11) is 1.11. The first-order valence-corrected chi connectivity index (χ1v) is 6.60. The van der Waals surface area contributed by atoms with E-state index in [4.69, 9.17) is 5.73 Å². The van der Waals surface area contributed by atoms with E-state index >= 15 is 0 Å². The van der Waals surface area contributed by atoms with Crippen LogP contribution in [0, 0.1) is 5.92 Å². The zero-order chi connectivity index (χ0) is 13.0. The molecule has 0 atom stereocenters. The maximum atomic E-state index is 6.16. The number of nitrogens with two attached hydrogens (primary N) is 1. The van der Waals surface area contributed by atoms with E-state index in [-0.39, 0.29) is 0 Å². The fourth-order valence-corrected chi connectivity index (χ4v) is 2.10. The monoisotopic (exact) mass is 237 g/mol. The number of rotatable bonds is 4. The standard InChI is InChI=1S/C16H20BN/c1-12(2)11-17-14-8-9-15(16(18)10-14)13-6-4-3-5-7-13/h3-10,12,17H,11,18H2,1-2H3. The van der Waals surface area contributed by atoms with Crippen LogP contribution < -0.4 is 11.2 Å². The Hall–Kier alpha value is -1.70. The minimum Gasteiger partial charge on any atom is -0.398 e. The Morgan fingerprint density at radius 1 is 1.06 bits per heavy atom. The molecule has 2 rings (SSSR count). The van der Waals surface area contributed by atoms with Crippen LogP contribution >= 0.6 is 0 Å². The quantitative estimate of drug-likeness (QED) is 0.641. The lowest BCUT2D eigenvalue weighted by atomic mass is 9.64. The van der Waals surface area contributed by atoms with Crippen molar-refractivity contribution in [3.05, 3.63) is 48.5 Å². The highest BCUT2D eigenvalue weighted by atomic mass is 14.6. The van der Waals surface area contributed by atoms with Gasteiger partial charge in [0, 0.05) is 11.3 Å². The molecule has 2 aromatic carbocycles. The van der Waals surface area contributed by atoms with E-state index in [9.17, 15) is 0 Å². The van der Waals surface area contributed by atoms with Gasteiger partial charge >= 0.3 is 0 Å². The van der Waals surface area contributed by atoms with Crippen molar-refractivity contribution >= 4 is 18.4 Å². The van der Waals surface area contributed by atoms with Gasteiger partial charge in [0.1, 0.15) is 0 Å². The highest BCUT2D eigenvalue weighted by Crippen LogP contribution is 2.24. The molecule has 0 aliphatic heterocycles. The molecule has 2 heteroatoms. The number of benzene rings is 2. The highest BCUT2D eigenvalue weighted by Gasteiger charge is 2.05. The molecule has 0 aromatic heterocycles. The van der Waals surface area contributed by atoms with Gasteiger partial charge in [-0.3, -0.25) is 0 Å². The molecule has 0 fully saturated rings. The Labute approximate surface area is 110 Å². The van der Waals surface area contributed by atoms with Crippen molar-refractivity contribution in [3.63, 3.8) is 0 Å². The van der Waals surface area contributed by atoms with Crippen LogP contribution in [0.4, 0.5) is 5.69 Å². The van der Waals surface area contributed by atoms with E-state index < -0.39 is 0 Å². The summed E-state index contributed by atoms with van der Waals surface area (Å²) in [6.07, 6.45) is 1.21. The summed E-state index contributed by atoms with van der Waals surface area (Å²) in [5.74, 6) is 0.736. The van der Waals surface area contributed by atoms with Crippen LogP contribution in [0.3, 0.4) is 0 Å². The van der Waals surface area contributed by atoms with E-state index in [0.717, 1.165) is 24.4 Å². The van der Waals surface area contributed by atoms with E-state index in [0.29, 0.717) is 0 Å². The second kappa shape index (κ2) is 5.77. The van der Waals surface area contributed by atoms with Gasteiger partial charge in [-0.25, -0.2) is 0 Å². The van der Waals surface area contributed by atoms with Crippen LogP contribution in [0.2, 0.25) is 6.32 Å². The Morgan fingerprint density at radius 2 is 1.78 bits per heavy atom. The van der Waals surface area contributed by atoms with Crippen LogP contribution in [-0.4, -0.2) is 7.28 Å². The average Bonchev–Trinajstić information content (AvgIpc) is 2.37. The second-order valence-electron chi connectivity index (χ2n) is 5.22. The summed E-state index contributed by atoms with van der Waals surface area (Å²) in [6.45, 7) is 4.50. The molecule has 0 aliphatic rings. The summed E-state index contributed by atoms with van der Waals surface area (Å²) in [5.41, 5.74) is 10.7. The average molecular weight is 237 g/mol. The molecular formula is C16H20BN. The van der Waals surface area contributed by atoms with Gasteiger partial charge in [-0.2, -0.15) is 0 Å². The molecule has 0 unspecified atom stereocenters. The molecule has 92 valence electrons. The minimum atomic E-state index is 0.736. The molecule has 0 saturated heterocycles. The maximum Gasteiger partial charge on any atom is 0.158 e. The van der Waals surface area contributed by atoms with E-state index in [1.165, 1.54) is 17.3 Å². The molecule has 0 saturated carbocycles. The van der Waals surface area contributed by atoms with Crippen molar-refractivity contribution in [2.75, 3.05) is 5.73 Å². The largest absolute Gasteiger partial charge is 0.398 e. The van der Waals surface area contributed by atoms with Crippen LogP contribution in [-0.2, 0) is 0 Å². The first-order valence-electron chi connectivity index (χ1n) is 6.60. The number of anilines is 1. The summed E-state index contributed by atoms with van der Waals surface area (Å²) < 4.78 is 0. The van der Waals surface area contributed by atoms with Gasteiger partial charge in [0.05, 0.1) is 0 Å². The fraction of sp³-hybridized carbons (Fsp3) is 0.250. The van der Waals surface area contributed by atoms with Crippen molar-refractivity contribution in [1.29, 1.82) is 0 Å². The van der Waals surface area contributed by atoms with Crippen LogP contribution in [0.5, 0.6) is 0 Å². The lowest BCUT2D eigenvalue weighted by molar-refractivity contribution is 0.732. The zero-order valence-corrected chi connectivity index (χ0v) is 11.2. The predicted molar refractivity (Wildman–Crippen MR) is 82.7 cm³/mol. The maximum absolute atomic E-state index is 6.16. The van der Waals surface area contributed by atoms with Gasteiger partial charge in [0.2, 0.25) is 0 Å². The number of nitrogen functional groups attached to an aromatic ring is 1. The van der Waals surface area contributed by atoms with Crippen molar-refractivity contribution in [2.24, 2.45) is 5.92 Å². The van der Waals surface area contributed by atoms with Gasteiger partial charge < -0.3 is 5.73 Å². The van der Waals surface area contributed by atoms with Gasteiger partial charge in [0.15, 0.2) is 7.28 Å². The lowest BCUT2D eigenvalue weighted by Crippen LogP contribution is -2.16. The summed E-state index contributed by atoms with van der Waals surface area (Å²) in [5, 5.41) is 0. The van der Waals surface area contributed by atoms with Crippen molar-refractivity contribution < 1.29 is 0 Å². The molecule has 2 N–H and O–H groups in total.